The third-order valence-corrected chi connectivity index (χ3v) is 5.43. The number of carbonyl (C=O) groups is 1. The van der Waals surface area contributed by atoms with Crippen LogP contribution in [0.2, 0.25) is 0 Å². The van der Waals surface area contributed by atoms with Crippen LogP contribution in [0.1, 0.15) is 29.3 Å². The molecule has 0 aliphatic heterocycles. The Bertz CT molecular complexity index is 1400. The highest BCUT2D eigenvalue weighted by Gasteiger charge is 2.16. The van der Waals surface area contributed by atoms with E-state index in [-0.39, 0.29) is 17.3 Å². The van der Waals surface area contributed by atoms with Crippen LogP contribution >= 0.6 is 0 Å². The summed E-state index contributed by atoms with van der Waals surface area (Å²) in [6, 6.07) is 21.5. The van der Waals surface area contributed by atoms with Gasteiger partial charge < -0.3 is 20.1 Å². The normalized spacial score (nSPS) is 10.5. The summed E-state index contributed by atoms with van der Waals surface area (Å²) in [4.78, 5) is 25.8. The van der Waals surface area contributed by atoms with E-state index in [4.69, 9.17) is 9.47 Å². The highest BCUT2D eigenvalue weighted by Crippen LogP contribution is 2.29. The Labute approximate surface area is 209 Å². The second-order valence-corrected chi connectivity index (χ2v) is 8.18. The van der Waals surface area contributed by atoms with Crippen LogP contribution in [0.5, 0.6) is 17.2 Å². The van der Waals surface area contributed by atoms with Crippen LogP contribution in [0.25, 0.3) is 5.69 Å². The molecule has 4 rings (SSSR count). The summed E-state index contributed by atoms with van der Waals surface area (Å²) in [6.45, 7) is 4.57. The number of amides is 1. The van der Waals surface area contributed by atoms with Gasteiger partial charge in [0.2, 0.25) is 0 Å². The Morgan fingerprint density at radius 2 is 1.75 bits per heavy atom. The zero-order chi connectivity index (χ0) is 25.5. The van der Waals surface area contributed by atoms with Crippen molar-refractivity contribution < 1.29 is 14.3 Å². The molecule has 0 aliphatic rings. The predicted molar refractivity (Wildman–Crippen MR) is 140 cm³/mol. The molecule has 8 nitrogen and oxygen atoms in total. The molecule has 0 unspecified atom stereocenters. The summed E-state index contributed by atoms with van der Waals surface area (Å²) in [5.41, 5.74) is 2.59. The molecule has 0 fully saturated rings. The smallest absolute Gasteiger partial charge is 0.299 e. The van der Waals surface area contributed by atoms with Crippen molar-refractivity contribution in [1.29, 1.82) is 0 Å². The molecule has 0 spiro atoms. The number of methoxy groups -OCH3 is 1. The van der Waals surface area contributed by atoms with Gasteiger partial charge in [-0.05, 0) is 79.6 Å². The Hall–Kier alpha value is -4.59. The van der Waals surface area contributed by atoms with Gasteiger partial charge in [0, 0.05) is 17.8 Å². The maximum Gasteiger partial charge on any atom is 0.299 e. The van der Waals surface area contributed by atoms with Crippen molar-refractivity contribution in [3.05, 3.63) is 100 Å². The SMILES string of the molecule is CCCNC(=O)c1ccc(Nc2c(Oc3cccc(C)c3)cnn(-c3ccc(OC)cc3)c2=O)cc1. The number of nitrogens with one attached hydrogen (secondary N) is 2. The van der Waals surface area contributed by atoms with Gasteiger partial charge in [0.25, 0.3) is 11.5 Å². The number of nitrogens with zero attached hydrogens (tertiary/aromatic N) is 2. The molecule has 0 radical (unpaired) electrons. The van der Waals surface area contributed by atoms with Gasteiger partial charge in [-0.1, -0.05) is 19.1 Å². The maximum absolute atomic E-state index is 13.6. The first-order valence-electron chi connectivity index (χ1n) is 11.6. The average Bonchev–Trinajstić information content (AvgIpc) is 2.90. The lowest BCUT2D eigenvalue weighted by atomic mass is 10.2. The second kappa shape index (κ2) is 11.2. The van der Waals surface area contributed by atoms with E-state index >= 15 is 0 Å². The lowest BCUT2D eigenvalue weighted by Crippen LogP contribution is -2.24. The van der Waals surface area contributed by atoms with Crippen molar-refractivity contribution in [2.24, 2.45) is 0 Å². The minimum absolute atomic E-state index is 0.141. The van der Waals surface area contributed by atoms with Crippen LogP contribution in [0.15, 0.2) is 83.8 Å². The van der Waals surface area contributed by atoms with Gasteiger partial charge in [-0.25, -0.2) is 0 Å². The third-order valence-electron chi connectivity index (χ3n) is 5.43. The Morgan fingerprint density at radius 3 is 2.42 bits per heavy atom. The largest absolute Gasteiger partial charge is 0.497 e. The number of ether oxygens (including phenoxy) is 2. The molecule has 1 heterocycles. The van der Waals surface area contributed by atoms with Gasteiger partial charge in [0.15, 0.2) is 11.4 Å². The number of aryl methyl sites for hydroxylation is 1. The Morgan fingerprint density at radius 1 is 1.00 bits per heavy atom. The summed E-state index contributed by atoms with van der Waals surface area (Å²) in [5, 5.41) is 10.4. The first kappa shape index (κ1) is 24.5. The number of hydrogen-bond donors (Lipinski definition) is 2. The molecule has 0 aliphatic carbocycles. The molecule has 3 aromatic carbocycles. The third kappa shape index (κ3) is 5.72. The van der Waals surface area contributed by atoms with Gasteiger partial charge >= 0.3 is 0 Å². The van der Waals surface area contributed by atoms with Crippen LogP contribution in [0.4, 0.5) is 11.4 Å². The van der Waals surface area contributed by atoms with E-state index in [1.165, 1.54) is 10.9 Å². The molecule has 1 amide bonds. The lowest BCUT2D eigenvalue weighted by Gasteiger charge is -2.15. The first-order valence-corrected chi connectivity index (χ1v) is 11.6. The minimum atomic E-state index is -0.393. The fourth-order valence-electron chi connectivity index (χ4n) is 3.53. The molecule has 0 saturated heterocycles. The molecule has 4 aromatic rings. The zero-order valence-electron chi connectivity index (χ0n) is 20.4. The summed E-state index contributed by atoms with van der Waals surface area (Å²) in [7, 11) is 1.58. The van der Waals surface area contributed by atoms with Gasteiger partial charge in [-0.15, -0.1) is 0 Å². The van der Waals surface area contributed by atoms with E-state index in [1.807, 2.05) is 38.1 Å². The van der Waals surface area contributed by atoms with Gasteiger partial charge in [-0.2, -0.15) is 9.78 Å². The van der Waals surface area contributed by atoms with Gasteiger partial charge in [0.1, 0.15) is 11.5 Å². The molecule has 0 atom stereocenters. The summed E-state index contributed by atoms with van der Waals surface area (Å²) in [5.74, 6) is 1.40. The van der Waals surface area contributed by atoms with Crippen molar-refractivity contribution in [3.8, 4) is 22.9 Å². The second-order valence-electron chi connectivity index (χ2n) is 8.18. The van der Waals surface area contributed by atoms with E-state index in [9.17, 15) is 9.59 Å². The Balaban J connectivity index is 1.70. The molecule has 2 N–H and O–H groups in total. The monoisotopic (exact) mass is 484 g/mol. The van der Waals surface area contributed by atoms with Crippen LogP contribution in [-0.4, -0.2) is 29.3 Å². The van der Waals surface area contributed by atoms with E-state index in [0.29, 0.717) is 35.0 Å². The summed E-state index contributed by atoms with van der Waals surface area (Å²) in [6.07, 6.45) is 2.36. The minimum Gasteiger partial charge on any atom is -0.497 e. The molecule has 36 heavy (non-hydrogen) atoms. The average molecular weight is 485 g/mol. The molecule has 1 aromatic heterocycles. The predicted octanol–water partition coefficient (Wildman–Crippen LogP) is 5.23. The van der Waals surface area contributed by atoms with E-state index < -0.39 is 5.56 Å². The van der Waals surface area contributed by atoms with Crippen LogP contribution in [-0.2, 0) is 0 Å². The van der Waals surface area contributed by atoms with E-state index in [1.54, 1.807) is 55.6 Å². The number of benzene rings is 3. The molecular weight excluding hydrogens is 456 g/mol. The number of anilines is 2. The van der Waals surface area contributed by atoms with Crippen molar-refractivity contribution in [2.45, 2.75) is 20.3 Å². The molecule has 184 valence electrons. The zero-order valence-corrected chi connectivity index (χ0v) is 20.4. The summed E-state index contributed by atoms with van der Waals surface area (Å²) >= 11 is 0. The van der Waals surface area contributed by atoms with Crippen molar-refractivity contribution in [3.63, 3.8) is 0 Å². The summed E-state index contributed by atoms with van der Waals surface area (Å²) < 4.78 is 12.6. The van der Waals surface area contributed by atoms with Gasteiger partial charge in [-0.3, -0.25) is 9.59 Å². The number of aromatic nitrogens is 2. The topological polar surface area (TPSA) is 94.5 Å². The molecule has 8 heteroatoms. The number of hydrogen-bond acceptors (Lipinski definition) is 6. The van der Waals surface area contributed by atoms with Gasteiger partial charge in [0.05, 0.1) is 19.0 Å². The van der Waals surface area contributed by atoms with Crippen molar-refractivity contribution >= 4 is 17.3 Å². The van der Waals surface area contributed by atoms with E-state index in [2.05, 4.69) is 15.7 Å². The molecular formula is C28H28N4O4. The highest BCUT2D eigenvalue weighted by atomic mass is 16.5. The van der Waals surface area contributed by atoms with Crippen molar-refractivity contribution in [1.82, 2.24) is 15.1 Å². The quantitative estimate of drug-likeness (QED) is 0.338. The van der Waals surface area contributed by atoms with Crippen LogP contribution in [0, 0.1) is 6.92 Å². The molecule has 0 saturated carbocycles. The van der Waals surface area contributed by atoms with E-state index in [0.717, 1.165) is 12.0 Å². The fraction of sp³-hybridized carbons (Fsp3) is 0.179. The van der Waals surface area contributed by atoms with Crippen molar-refractivity contribution in [2.75, 3.05) is 19.0 Å². The van der Waals surface area contributed by atoms with Crippen LogP contribution < -0.4 is 25.7 Å². The standard InChI is InChI=1S/C28H28N4O4/c1-4-16-29-27(33)20-8-10-21(11-9-20)31-26-25(36-24-7-5-6-19(2)17-24)18-30-32(28(26)34)22-12-14-23(35-3)15-13-22/h5-15,17-18,31H,4,16H2,1-3H3,(H,29,33). The number of rotatable bonds is 9. The number of carbonyl (C=O) groups excluding carboxylic acids is 1. The Kier molecular flexibility index (Phi) is 7.65. The first-order chi connectivity index (χ1) is 17.5. The van der Waals surface area contributed by atoms with Crippen LogP contribution in [0.3, 0.4) is 0 Å². The highest BCUT2D eigenvalue weighted by molar-refractivity contribution is 5.94. The molecule has 0 bridgehead atoms. The lowest BCUT2D eigenvalue weighted by molar-refractivity contribution is 0.0953. The maximum atomic E-state index is 13.6. The fourth-order valence-corrected chi connectivity index (χ4v) is 3.53.